The molecule has 1 N–H and O–H groups in total. The Kier molecular flexibility index (Phi) is 6.77. The van der Waals surface area contributed by atoms with E-state index in [9.17, 15) is 18.0 Å². The third-order valence-corrected chi connectivity index (χ3v) is 5.16. The highest BCUT2D eigenvalue weighted by Crippen LogP contribution is 2.29. The number of ether oxygens (including phenoxy) is 1. The Morgan fingerprint density at radius 3 is 2.31 bits per heavy atom. The summed E-state index contributed by atoms with van der Waals surface area (Å²) in [4.78, 5) is 25.8. The van der Waals surface area contributed by atoms with Gasteiger partial charge in [-0.05, 0) is 18.4 Å². The van der Waals surface area contributed by atoms with Crippen LogP contribution >= 0.6 is 0 Å². The lowest BCUT2D eigenvalue weighted by atomic mass is 9.79. The van der Waals surface area contributed by atoms with Crippen LogP contribution in [0.1, 0.15) is 37.7 Å². The average Bonchev–Trinajstić information content (AvgIpc) is 2.62. The molecule has 1 amide bonds. The summed E-state index contributed by atoms with van der Waals surface area (Å²) in [5, 5.41) is 2.90. The normalized spacial score (nSPS) is 17.9. The molecule has 1 aromatic carbocycles. The number of methoxy groups -OCH3 is 1. The number of carbonyl (C=O) groups excluding carboxylic acids is 2. The number of amides is 1. The highest BCUT2D eigenvalue weighted by Gasteiger charge is 2.50. The molecule has 1 saturated carbocycles. The molecule has 1 aromatic rings. The fourth-order valence-electron chi connectivity index (χ4n) is 3.20. The van der Waals surface area contributed by atoms with Crippen LogP contribution in [0.15, 0.2) is 30.3 Å². The first-order chi connectivity index (χ1) is 12.3. The van der Waals surface area contributed by atoms with Gasteiger partial charge in [0.15, 0.2) is 5.41 Å². The molecule has 1 atom stereocenters. The van der Waals surface area contributed by atoms with E-state index in [0.29, 0.717) is 5.56 Å². The summed E-state index contributed by atoms with van der Waals surface area (Å²) in [5.74, 6) is -1.47. The molecule has 1 aliphatic rings. The molecule has 0 aromatic heterocycles. The van der Waals surface area contributed by atoms with E-state index in [2.05, 4.69) is 5.32 Å². The maximum absolute atomic E-state index is 13.2. The van der Waals surface area contributed by atoms with Gasteiger partial charge in [0.25, 0.3) is 10.1 Å². The number of benzene rings is 1. The van der Waals surface area contributed by atoms with E-state index in [1.54, 1.807) is 30.3 Å². The van der Waals surface area contributed by atoms with Gasteiger partial charge < -0.3 is 10.1 Å². The second-order valence-corrected chi connectivity index (χ2v) is 8.18. The lowest BCUT2D eigenvalue weighted by Gasteiger charge is -2.32. The number of carbonyl (C=O) groups is 2. The molecule has 0 spiro atoms. The van der Waals surface area contributed by atoms with Gasteiger partial charge in [0.1, 0.15) is 0 Å². The standard InChI is InChI=1S/C18H25NO6S/c1-24-17(21)18(13-25-26(2,22)23,14-9-5-3-6-10-14)16(20)19-15-11-7-4-8-12-15/h3,5-6,9-10,15H,4,7-8,11-13H2,1-2H3,(H,19,20). The third kappa shape index (κ3) is 4.82. The minimum atomic E-state index is -3.86. The van der Waals surface area contributed by atoms with Crippen LogP contribution in [0.25, 0.3) is 0 Å². The quantitative estimate of drug-likeness (QED) is 0.435. The van der Waals surface area contributed by atoms with Crippen LogP contribution in [0, 0.1) is 0 Å². The monoisotopic (exact) mass is 383 g/mol. The van der Waals surface area contributed by atoms with Gasteiger partial charge >= 0.3 is 5.97 Å². The zero-order chi connectivity index (χ0) is 19.2. The summed E-state index contributed by atoms with van der Waals surface area (Å²) < 4.78 is 32.8. The Hall–Kier alpha value is -1.93. The zero-order valence-electron chi connectivity index (χ0n) is 15.1. The molecule has 144 valence electrons. The van der Waals surface area contributed by atoms with E-state index in [4.69, 9.17) is 8.92 Å². The molecule has 26 heavy (non-hydrogen) atoms. The Bertz CT molecular complexity index is 727. The highest BCUT2D eigenvalue weighted by molar-refractivity contribution is 7.86. The Morgan fingerprint density at radius 2 is 1.77 bits per heavy atom. The maximum Gasteiger partial charge on any atom is 0.328 e. The van der Waals surface area contributed by atoms with Gasteiger partial charge in [-0.3, -0.25) is 13.8 Å². The predicted molar refractivity (Wildman–Crippen MR) is 95.9 cm³/mol. The topological polar surface area (TPSA) is 98.8 Å². The summed E-state index contributed by atoms with van der Waals surface area (Å²) in [6, 6.07) is 8.19. The predicted octanol–water partition coefficient (Wildman–Crippen LogP) is 1.52. The first kappa shape index (κ1) is 20.4. The Balaban J connectivity index is 2.42. The first-order valence-electron chi connectivity index (χ1n) is 8.59. The van der Waals surface area contributed by atoms with Crippen molar-refractivity contribution in [1.29, 1.82) is 0 Å². The van der Waals surface area contributed by atoms with Crippen molar-refractivity contribution in [3.05, 3.63) is 35.9 Å². The first-order valence-corrected chi connectivity index (χ1v) is 10.4. The lowest BCUT2D eigenvalue weighted by Crippen LogP contribution is -2.56. The number of hydrogen-bond donors (Lipinski definition) is 1. The van der Waals surface area contributed by atoms with Crippen LogP contribution in [0.4, 0.5) is 0 Å². The average molecular weight is 383 g/mol. The van der Waals surface area contributed by atoms with Crippen LogP contribution < -0.4 is 5.32 Å². The number of nitrogens with one attached hydrogen (secondary N) is 1. The van der Waals surface area contributed by atoms with Crippen molar-refractivity contribution >= 4 is 22.0 Å². The van der Waals surface area contributed by atoms with Crippen molar-refractivity contribution < 1.29 is 26.9 Å². The van der Waals surface area contributed by atoms with E-state index in [1.165, 1.54) is 0 Å². The van der Waals surface area contributed by atoms with Crippen molar-refractivity contribution in [2.45, 2.75) is 43.6 Å². The fraction of sp³-hybridized carbons (Fsp3) is 0.556. The molecule has 0 bridgehead atoms. The van der Waals surface area contributed by atoms with Crippen molar-refractivity contribution in [1.82, 2.24) is 5.32 Å². The van der Waals surface area contributed by atoms with Gasteiger partial charge in [-0.25, -0.2) is 0 Å². The van der Waals surface area contributed by atoms with Crippen LogP contribution in [0.5, 0.6) is 0 Å². The molecule has 7 nitrogen and oxygen atoms in total. The van der Waals surface area contributed by atoms with E-state index >= 15 is 0 Å². The zero-order valence-corrected chi connectivity index (χ0v) is 15.9. The summed E-state index contributed by atoms with van der Waals surface area (Å²) in [7, 11) is -2.70. The van der Waals surface area contributed by atoms with E-state index < -0.39 is 34.0 Å². The van der Waals surface area contributed by atoms with Crippen LogP contribution in [0.2, 0.25) is 0 Å². The summed E-state index contributed by atoms with van der Waals surface area (Å²) in [6.07, 6.45) is 5.64. The van der Waals surface area contributed by atoms with Crippen LogP contribution in [0.3, 0.4) is 0 Å². The molecule has 0 heterocycles. The Labute approximate surface area is 154 Å². The highest BCUT2D eigenvalue weighted by atomic mass is 32.2. The molecule has 2 rings (SSSR count). The lowest BCUT2D eigenvalue weighted by molar-refractivity contribution is -0.154. The van der Waals surface area contributed by atoms with Crippen LogP contribution in [-0.2, 0) is 34.0 Å². The number of hydrogen-bond acceptors (Lipinski definition) is 6. The molecular weight excluding hydrogens is 358 g/mol. The van der Waals surface area contributed by atoms with Crippen molar-refractivity contribution in [3.63, 3.8) is 0 Å². The van der Waals surface area contributed by atoms with Gasteiger partial charge in [0.05, 0.1) is 20.0 Å². The number of esters is 1. The third-order valence-electron chi connectivity index (χ3n) is 4.62. The maximum atomic E-state index is 13.2. The fourth-order valence-corrected chi connectivity index (χ4v) is 3.59. The van der Waals surface area contributed by atoms with E-state index in [1.807, 2.05) is 0 Å². The summed E-state index contributed by atoms with van der Waals surface area (Å²) in [5.41, 5.74) is -1.57. The van der Waals surface area contributed by atoms with Crippen LogP contribution in [-0.4, -0.2) is 46.3 Å². The van der Waals surface area contributed by atoms with E-state index in [0.717, 1.165) is 45.5 Å². The largest absolute Gasteiger partial charge is 0.468 e. The smallest absolute Gasteiger partial charge is 0.328 e. The van der Waals surface area contributed by atoms with Gasteiger partial charge in [-0.2, -0.15) is 8.42 Å². The van der Waals surface area contributed by atoms with Gasteiger partial charge in [0.2, 0.25) is 5.91 Å². The molecular formula is C18H25NO6S. The minimum Gasteiger partial charge on any atom is -0.468 e. The molecule has 8 heteroatoms. The SMILES string of the molecule is COC(=O)C(COS(C)(=O)=O)(C(=O)NC1CCCCC1)c1ccccc1. The molecule has 0 saturated heterocycles. The van der Waals surface area contributed by atoms with Crippen molar-refractivity contribution in [2.24, 2.45) is 0 Å². The molecule has 1 fully saturated rings. The van der Waals surface area contributed by atoms with Gasteiger partial charge in [-0.15, -0.1) is 0 Å². The molecule has 0 radical (unpaired) electrons. The van der Waals surface area contributed by atoms with Crippen molar-refractivity contribution in [3.8, 4) is 0 Å². The summed E-state index contributed by atoms with van der Waals surface area (Å²) >= 11 is 0. The Morgan fingerprint density at radius 1 is 1.15 bits per heavy atom. The molecule has 0 aliphatic heterocycles. The summed E-state index contributed by atoms with van der Waals surface area (Å²) in [6.45, 7) is -0.652. The number of rotatable bonds is 7. The molecule has 1 aliphatic carbocycles. The second kappa shape index (κ2) is 8.64. The van der Waals surface area contributed by atoms with E-state index in [-0.39, 0.29) is 6.04 Å². The van der Waals surface area contributed by atoms with Gasteiger partial charge in [-0.1, -0.05) is 49.6 Å². The molecule has 1 unspecified atom stereocenters. The van der Waals surface area contributed by atoms with Crippen molar-refractivity contribution in [2.75, 3.05) is 20.0 Å². The van der Waals surface area contributed by atoms with Gasteiger partial charge in [0, 0.05) is 6.04 Å². The minimum absolute atomic E-state index is 0.0535. The second-order valence-electron chi connectivity index (χ2n) is 6.54.